The molecule has 0 aliphatic heterocycles. The molecule has 88 valence electrons. The van der Waals surface area contributed by atoms with Crippen molar-refractivity contribution >= 4 is 27.7 Å². The summed E-state index contributed by atoms with van der Waals surface area (Å²) in [6, 6.07) is 0.497. The molecule has 2 rings (SSSR count). The number of nitrogens with zero attached hydrogens (tertiary/aromatic N) is 2. The number of hydrogen-bond acceptors (Lipinski definition) is 5. The lowest BCUT2D eigenvalue weighted by atomic mass is 10.1. The molecule has 0 aromatic carbocycles. The summed E-state index contributed by atoms with van der Waals surface area (Å²) >= 11 is 3.43. The zero-order valence-corrected chi connectivity index (χ0v) is 10.8. The van der Waals surface area contributed by atoms with Gasteiger partial charge in [-0.15, -0.1) is 0 Å². The monoisotopic (exact) mass is 285 g/mol. The number of rotatable bonds is 3. The highest BCUT2D eigenvalue weighted by Crippen LogP contribution is 2.29. The second-order valence-corrected chi connectivity index (χ2v) is 5.05. The van der Waals surface area contributed by atoms with Gasteiger partial charge >= 0.3 is 0 Å². The third kappa shape index (κ3) is 2.44. The van der Waals surface area contributed by atoms with Crippen molar-refractivity contribution in [2.24, 2.45) is 11.8 Å². The lowest BCUT2D eigenvalue weighted by Gasteiger charge is -2.18. The van der Waals surface area contributed by atoms with E-state index in [1.807, 2.05) is 0 Å². The van der Waals surface area contributed by atoms with Gasteiger partial charge in [-0.25, -0.2) is 10.8 Å². The van der Waals surface area contributed by atoms with Crippen LogP contribution in [0.2, 0.25) is 0 Å². The predicted octanol–water partition coefficient (Wildman–Crippen LogP) is 2.13. The molecule has 16 heavy (non-hydrogen) atoms. The van der Waals surface area contributed by atoms with Crippen molar-refractivity contribution in [3.05, 3.63) is 10.7 Å². The minimum absolute atomic E-state index is 0.427. The third-order valence-electron chi connectivity index (χ3n) is 3.06. The molecule has 1 aliphatic carbocycles. The van der Waals surface area contributed by atoms with E-state index in [1.165, 1.54) is 19.3 Å². The number of nitrogens with two attached hydrogens (primary N) is 1. The Bertz CT molecular complexity index is 370. The van der Waals surface area contributed by atoms with Gasteiger partial charge in [-0.05, 0) is 34.7 Å². The molecule has 2 unspecified atom stereocenters. The molecule has 1 aromatic heterocycles. The molecule has 0 spiro atoms. The van der Waals surface area contributed by atoms with E-state index in [1.54, 1.807) is 6.20 Å². The van der Waals surface area contributed by atoms with Crippen LogP contribution >= 0.6 is 15.9 Å². The first-order valence-corrected chi connectivity index (χ1v) is 6.25. The summed E-state index contributed by atoms with van der Waals surface area (Å²) in [5.41, 5.74) is 2.45. The van der Waals surface area contributed by atoms with Crippen molar-refractivity contribution in [3.63, 3.8) is 0 Å². The van der Waals surface area contributed by atoms with Crippen LogP contribution in [0.3, 0.4) is 0 Å². The van der Waals surface area contributed by atoms with Crippen LogP contribution in [0.5, 0.6) is 0 Å². The summed E-state index contributed by atoms with van der Waals surface area (Å²) in [7, 11) is 0. The highest BCUT2D eigenvalue weighted by molar-refractivity contribution is 9.10. The number of anilines is 2. The number of halogens is 1. The van der Waals surface area contributed by atoms with Gasteiger partial charge in [-0.1, -0.05) is 13.3 Å². The molecule has 1 heterocycles. The Morgan fingerprint density at radius 2 is 2.31 bits per heavy atom. The Balaban J connectivity index is 2.13. The average molecular weight is 286 g/mol. The Labute approximate surface area is 103 Å². The van der Waals surface area contributed by atoms with Crippen LogP contribution in [0, 0.1) is 5.92 Å². The molecule has 1 aliphatic rings. The summed E-state index contributed by atoms with van der Waals surface area (Å²) < 4.78 is 0.866. The molecule has 0 radical (unpaired) electrons. The van der Waals surface area contributed by atoms with Gasteiger partial charge < -0.3 is 5.32 Å². The van der Waals surface area contributed by atoms with E-state index in [0.29, 0.717) is 17.9 Å². The molecule has 0 bridgehead atoms. The molecule has 0 amide bonds. The maximum atomic E-state index is 5.29. The molecular formula is C10H16BrN5. The van der Waals surface area contributed by atoms with Gasteiger partial charge in [0.1, 0.15) is 5.82 Å². The Hall–Kier alpha value is -0.880. The second kappa shape index (κ2) is 4.97. The second-order valence-electron chi connectivity index (χ2n) is 4.19. The van der Waals surface area contributed by atoms with E-state index >= 15 is 0 Å². The van der Waals surface area contributed by atoms with Crippen LogP contribution in [0.15, 0.2) is 10.7 Å². The number of nitrogens with one attached hydrogen (secondary N) is 2. The maximum Gasteiger partial charge on any atom is 0.239 e. The van der Waals surface area contributed by atoms with Gasteiger partial charge in [-0.2, -0.15) is 4.98 Å². The fraction of sp³-hybridized carbons (Fsp3) is 0.600. The minimum atomic E-state index is 0.427. The molecule has 2 atom stereocenters. The van der Waals surface area contributed by atoms with E-state index in [9.17, 15) is 0 Å². The summed E-state index contributed by atoms with van der Waals surface area (Å²) in [6.45, 7) is 2.27. The largest absolute Gasteiger partial charge is 0.366 e. The molecule has 1 saturated carbocycles. The Morgan fingerprint density at radius 3 is 2.94 bits per heavy atom. The first kappa shape index (κ1) is 11.6. The smallest absolute Gasteiger partial charge is 0.239 e. The normalized spacial score (nSPS) is 24.4. The van der Waals surface area contributed by atoms with Crippen molar-refractivity contribution in [3.8, 4) is 0 Å². The van der Waals surface area contributed by atoms with Crippen LogP contribution in [0.4, 0.5) is 11.8 Å². The molecule has 0 saturated heterocycles. The highest BCUT2D eigenvalue weighted by atomic mass is 79.9. The molecule has 6 heteroatoms. The molecule has 5 nitrogen and oxygen atoms in total. The Morgan fingerprint density at radius 1 is 1.50 bits per heavy atom. The summed E-state index contributed by atoms with van der Waals surface area (Å²) in [4.78, 5) is 8.30. The zero-order valence-electron chi connectivity index (χ0n) is 9.20. The van der Waals surface area contributed by atoms with Gasteiger partial charge in [0, 0.05) is 12.2 Å². The minimum Gasteiger partial charge on any atom is -0.366 e. The molecular weight excluding hydrogens is 270 g/mol. The van der Waals surface area contributed by atoms with Crippen LogP contribution < -0.4 is 16.6 Å². The van der Waals surface area contributed by atoms with E-state index in [-0.39, 0.29) is 0 Å². The summed E-state index contributed by atoms with van der Waals surface area (Å²) in [5, 5.41) is 3.44. The van der Waals surface area contributed by atoms with Crippen molar-refractivity contribution in [1.82, 2.24) is 9.97 Å². The number of hydrogen-bond donors (Lipinski definition) is 3. The van der Waals surface area contributed by atoms with Crippen LogP contribution in [0.25, 0.3) is 0 Å². The number of hydrazine groups is 1. The van der Waals surface area contributed by atoms with Crippen LogP contribution in [-0.4, -0.2) is 16.0 Å². The van der Waals surface area contributed by atoms with Gasteiger partial charge in [-0.3, -0.25) is 5.43 Å². The van der Waals surface area contributed by atoms with Gasteiger partial charge in [0.25, 0.3) is 0 Å². The molecule has 4 N–H and O–H groups in total. The van der Waals surface area contributed by atoms with E-state index < -0.39 is 0 Å². The van der Waals surface area contributed by atoms with Gasteiger partial charge in [0.05, 0.1) is 4.47 Å². The van der Waals surface area contributed by atoms with Gasteiger partial charge in [0.2, 0.25) is 5.95 Å². The first-order chi connectivity index (χ1) is 7.70. The summed E-state index contributed by atoms with van der Waals surface area (Å²) in [5.74, 6) is 7.21. The van der Waals surface area contributed by atoms with Crippen molar-refractivity contribution in [2.45, 2.75) is 32.2 Å². The summed E-state index contributed by atoms with van der Waals surface area (Å²) in [6.07, 6.45) is 5.46. The van der Waals surface area contributed by atoms with Crippen molar-refractivity contribution in [2.75, 3.05) is 10.7 Å². The molecule has 1 aromatic rings. The maximum absolute atomic E-state index is 5.29. The standard InChI is InChI=1S/C10H16BrN5/c1-6-3-2-4-8(6)14-9-7(11)5-13-10(15-9)16-12/h5-6,8H,2-4,12H2,1H3,(H2,13,14,15,16). The average Bonchev–Trinajstić information content (AvgIpc) is 2.68. The third-order valence-corrected chi connectivity index (χ3v) is 3.64. The molecule has 1 fully saturated rings. The van der Waals surface area contributed by atoms with Crippen LogP contribution in [0.1, 0.15) is 26.2 Å². The zero-order chi connectivity index (χ0) is 11.5. The topological polar surface area (TPSA) is 75.9 Å². The van der Waals surface area contributed by atoms with E-state index in [4.69, 9.17) is 5.84 Å². The van der Waals surface area contributed by atoms with Crippen molar-refractivity contribution < 1.29 is 0 Å². The fourth-order valence-corrected chi connectivity index (χ4v) is 2.38. The van der Waals surface area contributed by atoms with Crippen LogP contribution in [-0.2, 0) is 0 Å². The first-order valence-electron chi connectivity index (χ1n) is 5.46. The lowest BCUT2D eigenvalue weighted by molar-refractivity contribution is 0.554. The lowest BCUT2D eigenvalue weighted by Crippen LogP contribution is -2.23. The van der Waals surface area contributed by atoms with Crippen molar-refractivity contribution in [1.29, 1.82) is 0 Å². The predicted molar refractivity (Wildman–Crippen MR) is 68.0 cm³/mol. The van der Waals surface area contributed by atoms with Gasteiger partial charge in [0.15, 0.2) is 0 Å². The van der Waals surface area contributed by atoms with E-state index in [2.05, 4.69) is 43.6 Å². The number of aromatic nitrogens is 2. The number of nitrogen functional groups attached to an aromatic ring is 1. The quantitative estimate of drug-likeness (QED) is 0.586. The highest BCUT2D eigenvalue weighted by Gasteiger charge is 2.24. The fourth-order valence-electron chi connectivity index (χ4n) is 2.07. The van der Waals surface area contributed by atoms with E-state index in [0.717, 1.165) is 10.3 Å². The SMILES string of the molecule is CC1CCCC1Nc1nc(NN)ncc1Br. The Kier molecular flexibility index (Phi) is 3.60.